The van der Waals surface area contributed by atoms with Crippen molar-refractivity contribution in [2.45, 2.75) is 37.7 Å². The summed E-state index contributed by atoms with van der Waals surface area (Å²) in [5.41, 5.74) is -0.630. The van der Waals surface area contributed by atoms with E-state index in [9.17, 15) is 18.0 Å². The lowest BCUT2D eigenvalue weighted by Gasteiger charge is -2.28. The summed E-state index contributed by atoms with van der Waals surface area (Å²) in [5.74, 6) is -5.11. The maximum Gasteiger partial charge on any atom is 0.340 e. The largest absolute Gasteiger partial charge is 0.490 e. The van der Waals surface area contributed by atoms with Gasteiger partial charge in [0.15, 0.2) is 0 Å². The molecule has 1 aromatic carbocycles. The minimum atomic E-state index is -2.67. The van der Waals surface area contributed by atoms with Gasteiger partial charge in [0.1, 0.15) is 17.1 Å². The molecule has 0 bridgehead atoms. The van der Waals surface area contributed by atoms with Crippen molar-refractivity contribution in [3.8, 4) is 5.75 Å². The van der Waals surface area contributed by atoms with E-state index in [1.807, 2.05) is 0 Å². The van der Waals surface area contributed by atoms with Crippen LogP contribution < -0.4 is 4.74 Å². The van der Waals surface area contributed by atoms with Gasteiger partial charge in [-0.25, -0.2) is 18.0 Å². The summed E-state index contributed by atoms with van der Waals surface area (Å²) in [7, 11) is 0. The Balaban J connectivity index is 2.10. The third kappa shape index (κ3) is 3.36. The molecule has 0 saturated heterocycles. The Kier molecular flexibility index (Phi) is 4.13. The highest BCUT2D eigenvalue weighted by Crippen LogP contribution is 2.35. The Hall–Kier alpha value is -1.43. The zero-order valence-electron chi connectivity index (χ0n) is 10.3. The highest BCUT2D eigenvalue weighted by Gasteiger charge is 2.35. The third-order valence-corrected chi connectivity index (χ3v) is 3.49. The van der Waals surface area contributed by atoms with Crippen LogP contribution in [0.15, 0.2) is 12.1 Å². The van der Waals surface area contributed by atoms with Crippen LogP contribution in [0.1, 0.15) is 36.0 Å². The number of benzene rings is 1. The fraction of sp³-hybridized carbons (Fsp3) is 0.462. The SMILES string of the molecule is O=C(O)c1c(F)cc(OC2CCC(F)(F)CC2)cc1Cl. The first kappa shape index (κ1) is 15.0. The van der Waals surface area contributed by atoms with E-state index in [2.05, 4.69) is 0 Å². The maximum absolute atomic E-state index is 13.6. The highest BCUT2D eigenvalue weighted by molar-refractivity contribution is 6.33. The molecule has 0 aromatic heterocycles. The summed E-state index contributed by atoms with van der Waals surface area (Å²) < 4.78 is 44.9. The molecule has 1 aliphatic rings. The van der Waals surface area contributed by atoms with Crippen LogP contribution in [0.3, 0.4) is 0 Å². The summed E-state index contributed by atoms with van der Waals surface area (Å²) in [6.45, 7) is 0. The van der Waals surface area contributed by atoms with Crippen molar-refractivity contribution < 1.29 is 27.8 Å². The van der Waals surface area contributed by atoms with Gasteiger partial charge in [-0.15, -0.1) is 0 Å². The summed E-state index contributed by atoms with van der Waals surface area (Å²) in [4.78, 5) is 10.8. The van der Waals surface area contributed by atoms with Crippen LogP contribution in [0.25, 0.3) is 0 Å². The molecule has 0 atom stereocenters. The van der Waals surface area contributed by atoms with Crippen LogP contribution in [0, 0.1) is 5.82 Å². The average Bonchev–Trinajstić information content (AvgIpc) is 2.30. The molecule has 1 fully saturated rings. The number of halogens is 4. The Labute approximate surface area is 118 Å². The van der Waals surface area contributed by atoms with Gasteiger partial charge in [-0.3, -0.25) is 0 Å². The lowest BCUT2D eigenvalue weighted by Crippen LogP contribution is -2.30. The zero-order chi connectivity index (χ0) is 14.9. The fourth-order valence-corrected chi connectivity index (χ4v) is 2.42. The number of carbonyl (C=O) groups is 1. The normalized spacial score (nSPS) is 18.8. The van der Waals surface area contributed by atoms with Crippen molar-refractivity contribution >= 4 is 17.6 Å². The van der Waals surface area contributed by atoms with Crippen LogP contribution in [-0.4, -0.2) is 23.1 Å². The molecule has 1 N–H and O–H groups in total. The smallest absolute Gasteiger partial charge is 0.340 e. The molecule has 1 saturated carbocycles. The number of hydrogen-bond donors (Lipinski definition) is 1. The van der Waals surface area contributed by atoms with Crippen molar-refractivity contribution in [1.29, 1.82) is 0 Å². The molecular weight excluding hydrogens is 297 g/mol. The van der Waals surface area contributed by atoms with Gasteiger partial charge < -0.3 is 9.84 Å². The Morgan fingerprint density at radius 3 is 2.45 bits per heavy atom. The molecule has 3 nitrogen and oxygen atoms in total. The van der Waals surface area contributed by atoms with Gasteiger partial charge in [-0.2, -0.15) is 0 Å². The first-order chi connectivity index (χ1) is 9.28. The van der Waals surface area contributed by atoms with Gasteiger partial charge in [0.25, 0.3) is 0 Å². The van der Waals surface area contributed by atoms with Crippen molar-refractivity contribution in [3.63, 3.8) is 0 Å². The molecule has 1 aliphatic carbocycles. The predicted octanol–water partition coefficient (Wildman–Crippen LogP) is 4.13. The van der Waals surface area contributed by atoms with E-state index in [-0.39, 0.29) is 36.5 Å². The van der Waals surface area contributed by atoms with Crippen LogP contribution in [0.5, 0.6) is 5.75 Å². The number of carboxylic acid groups (broad SMARTS) is 1. The van der Waals surface area contributed by atoms with E-state index in [0.717, 1.165) is 6.07 Å². The zero-order valence-corrected chi connectivity index (χ0v) is 11.1. The predicted molar refractivity (Wildman–Crippen MR) is 66.2 cm³/mol. The van der Waals surface area contributed by atoms with Crippen LogP contribution >= 0.6 is 11.6 Å². The first-order valence-electron chi connectivity index (χ1n) is 6.05. The minimum Gasteiger partial charge on any atom is -0.490 e. The van der Waals surface area contributed by atoms with Gasteiger partial charge in [-0.1, -0.05) is 11.6 Å². The lowest BCUT2D eigenvalue weighted by atomic mass is 9.94. The third-order valence-electron chi connectivity index (χ3n) is 3.20. The molecule has 2 rings (SSSR count). The Morgan fingerprint density at radius 1 is 1.35 bits per heavy atom. The van der Waals surface area contributed by atoms with E-state index in [1.165, 1.54) is 6.07 Å². The molecule has 110 valence electrons. The van der Waals surface area contributed by atoms with Gasteiger partial charge >= 0.3 is 5.97 Å². The summed E-state index contributed by atoms with van der Waals surface area (Å²) in [5, 5.41) is 8.48. The molecule has 1 aromatic rings. The number of ether oxygens (including phenoxy) is 1. The molecule has 0 radical (unpaired) electrons. The van der Waals surface area contributed by atoms with E-state index in [0.29, 0.717) is 0 Å². The number of rotatable bonds is 3. The molecule has 0 unspecified atom stereocenters. The fourth-order valence-electron chi connectivity index (χ4n) is 2.15. The second kappa shape index (κ2) is 5.52. The summed E-state index contributed by atoms with van der Waals surface area (Å²) in [6, 6.07) is 2.09. The minimum absolute atomic E-state index is 0.0488. The molecule has 7 heteroatoms. The van der Waals surface area contributed by atoms with E-state index < -0.39 is 29.4 Å². The topological polar surface area (TPSA) is 46.5 Å². The highest BCUT2D eigenvalue weighted by atomic mass is 35.5. The summed E-state index contributed by atoms with van der Waals surface area (Å²) >= 11 is 5.67. The molecule has 0 amide bonds. The molecular formula is C13H12ClF3O3. The molecule has 0 heterocycles. The lowest BCUT2D eigenvalue weighted by molar-refractivity contribution is -0.0582. The second-order valence-corrected chi connectivity index (χ2v) is 5.15. The van der Waals surface area contributed by atoms with Crippen molar-refractivity contribution in [3.05, 3.63) is 28.5 Å². The van der Waals surface area contributed by atoms with Crippen LogP contribution in [-0.2, 0) is 0 Å². The first-order valence-corrected chi connectivity index (χ1v) is 6.43. The second-order valence-electron chi connectivity index (χ2n) is 4.74. The number of aromatic carboxylic acids is 1. The number of alkyl halides is 2. The van der Waals surface area contributed by atoms with Gasteiger partial charge in [0.05, 0.1) is 11.1 Å². The van der Waals surface area contributed by atoms with Crippen molar-refractivity contribution in [1.82, 2.24) is 0 Å². The quantitative estimate of drug-likeness (QED) is 0.913. The number of hydrogen-bond acceptors (Lipinski definition) is 2. The summed E-state index contributed by atoms with van der Waals surface area (Å²) in [6.07, 6.45) is -0.678. The standard InChI is InChI=1S/C13H12ClF3O3/c14-9-5-8(6-10(15)11(9)12(18)19)20-7-1-3-13(16,17)4-2-7/h5-7H,1-4H2,(H,18,19). The van der Waals surface area contributed by atoms with Gasteiger partial charge in [0, 0.05) is 18.9 Å². The average molecular weight is 309 g/mol. The molecule has 0 spiro atoms. The monoisotopic (exact) mass is 308 g/mol. The van der Waals surface area contributed by atoms with Crippen molar-refractivity contribution in [2.75, 3.05) is 0 Å². The van der Waals surface area contributed by atoms with Crippen LogP contribution in [0.2, 0.25) is 5.02 Å². The van der Waals surface area contributed by atoms with E-state index in [1.54, 1.807) is 0 Å². The van der Waals surface area contributed by atoms with E-state index in [4.69, 9.17) is 21.4 Å². The Bertz CT molecular complexity index is 501. The Morgan fingerprint density at radius 2 is 1.95 bits per heavy atom. The van der Waals surface area contributed by atoms with Gasteiger partial charge in [-0.05, 0) is 18.9 Å². The van der Waals surface area contributed by atoms with Crippen molar-refractivity contribution in [2.24, 2.45) is 0 Å². The molecule has 20 heavy (non-hydrogen) atoms. The van der Waals surface area contributed by atoms with Crippen LogP contribution in [0.4, 0.5) is 13.2 Å². The molecule has 0 aliphatic heterocycles. The maximum atomic E-state index is 13.6. The van der Waals surface area contributed by atoms with Gasteiger partial charge in [0.2, 0.25) is 5.92 Å². The number of carboxylic acids is 1. The van der Waals surface area contributed by atoms with E-state index >= 15 is 0 Å².